The molecule has 36 heavy (non-hydrogen) atoms. The summed E-state index contributed by atoms with van der Waals surface area (Å²) in [5.41, 5.74) is 14.5. The number of aromatic nitrogens is 2. The SMILES string of the molecule is COC(=O)c1ccc(-c2cc(-c3cc(C(C)(C)C)cc(C(C)(C)C)c3)n(-c3ccc(N)cc3)n2)cc1. The Morgan fingerprint density at radius 2 is 1.33 bits per heavy atom. The van der Waals surface area contributed by atoms with Crippen LogP contribution in [-0.2, 0) is 15.6 Å². The molecule has 1 aromatic heterocycles. The normalized spacial score (nSPS) is 12.0. The Bertz CT molecular complexity index is 1350. The molecule has 0 aliphatic heterocycles. The first kappa shape index (κ1) is 25.2. The maximum atomic E-state index is 11.9. The molecule has 3 aromatic carbocycles. The summed E-state index contributed by atoms with van der Waals surface area (Å²) in [6.45, 7) is 13.4. The predicted octanol–water partition coefficient (Wildman–Crippen LogP) is 7.17. The van der Waals surface area contributed by atoms with Gasteiger partial charge in [-0.3, -0.25) is 0 Å². The first-order valence-corrected chi connectivity index (χ1v) is 12.2. The van der Waals surface area contributed by atoms with E-state index < -0.39 is 0 Å². The van der Waals surface area contributed by atoms with Crippen LogP contribution in [0.25, 0.3) is 28.2 Å². The van der Waals surface area contributed by atoms with E-state index in [1.54, 1.807) is 12.1 Å². The number of nitrogens with zero attached hydrogens (tertiary/aromatic N) is 2. The minimum Gasteiger partial charge on any atom is -0.465 e. The number of nitrogens with two attached hydrogens (primary N) is 1. The fourth-order valence-electron chi connectivity index (χ4n) is 4.08. The van der Waals surface area contributed by atoms with Gasteiger partial charge in [0.1, 0.15) is 0 Å². The monoisotopic (exact) mass is 481 g/mol. The van der Waals surface area contributed by atoms with Gasteiger partial charge < -0.3 is 10.5 Å². The second-order valence-corrected chi connectivity index (χ2v) is 11.3. The summed E-state index contributed by atoms with van der Waals surface area (Å²) in [4.78, 5) is 11.9. The first-order valence-electron chi connectivity index (χ1n) is 12.2. The molecule has 0 aliphatic carbocycles. The third-order valence-corrected chi connectivity index (χ3v) is 6.41. The second kappa shape index (κ2) is 9.30. The van der Waals surface area contributed by atoms with Crippen LogP contribution in [0.15, 0.2) is 72.8 Å². The Hall–Kier alpha value is -3.86. The van der Waals surface area contributed by atoms with Gasteiger partial charge in [0.25, 0.3) is 0 Å². The zero-order chi connectivity index (χ0) is 26.3. The van der Waals surface area contributed by atoms with Crippen molar-refractivity contribution >= 4 is 11.7 Å². The van der Waals surface area contributed by atoms with Crippen LogP contribution >= 0.6 is 0 Å². The molecule has 0 amide bonds. The summed E-state index contributed by atoms with van der Waals surface area (Å²) in [6, 6.07) is 24.0. The standard InChI is InChI=1S/C31H35N3O2/c1-30(2,3)23-16-22(17-24(18-23)31(4,5)6)28-19-27(20-8-10-21(11-9-20)29(35)36-7)33-34(28)26-14-12-25(32)13-15-26/h8-19H,32H2,1-7H3. The summed E-state index contributed by atoms with van der Waals surface area (Å²) in [5, 5.41) is 4.99. The van der Waals surface area contributed by atoms with Crippen molar-refractivity contribution < 1.29 is 9.53 Å². The van der Waals surface area contributed by atoms with Crippen LogP contribution in [0.4, 0.5) is 5.69 Å². The van der Waals surface area contributed by atoms with E-state index in [4.69, 9.17) is 15.6 Å². The van der Waals surface area contributed by atoms with Gasteiger partial charge in [0, 0.05) is 16.8 Å². The third-order valence-electron chi connectivity index (χ3n) is 6.41. The lowest BCUT2D eigenvalue weighted by atomic mass is 9.79. The Morgan fingerprint density at radius 1 is 0.778 bits per heavy atom. The van der Waals surface area contributed by atoms with Crippen molar-refractivity contribution in [3.05, 3.63) is 89.5 Å². The molecule has 0 atom stereocenters. The van der Waals surface area contributed by atoms with E-state index in [9.17, 15) is 4.79 Å². The average Bonchev–Trinajstić information content (AvgIpc) is 3.28. The van der Waals surface area contributed by atoms with Gasteiger partial charge in [0.15, 0.2) is 0 Å². The van der Waals surface area contributed by atoms with Gasteiger partial charge in [-0.2, -0.15) is 5.10 Å². The zero-order valence-electron chi connectivity index (χ0n) is 22.2. The summed E-state index contributed by atoms with van der Waals surface area (Å²) >= 11 is 0. The van der Waals surface area contributed by atoms with E-state index in [1.807, 2.05) is 41.1 Å². The van der Waals surface area contributed by atoms with Gasteiger partial charge in [-0.05, 0) is 76.6 Å². The fraction of sp³-hybridized carbons (Fsp3) is 0.290. The Labute approximate surface area is 213 Å². The molecule has 1 heterocycles. The largest absolute Gasteiger partial charge is 0.465 e. The summed E-state index contributed by atoms with van der Waals surface area (Å²) < 4.78 is 6.81. The Balaban J connectivity index is 1.93. The number of esters is 1. The first-order chi connectivity index (χ1) is 16.9. The molecule has 4 aromatic rings. The number of rotatable bonds is 4. The molecule has 4 rings (SSSR count). The molecule has 0 radical (unpaired) electrons. The molecule has 0 fully saturated rings. The van der Waals surface area contributed by atoms with Crippen molar-refractivity contribution in [1.29, 1.82) is 0 Å². The smallest absolute Gasteiger partial charge is 0.337 e. The van der Waals surface area contributed by atoms with Crippen LogP contribution in [0.1, 0.15) is 63.0 Å². The summed E-state index contributed by atoms with van der Waals surface area (Å²) in [5.74, 6) is -0.358. The predicted molar refractivity (Wildman–Crippen MR) is 148 cm³/mol. The number of nitrogen functional groups attached to an aromatic ring is 1. The highest BCUT2D eigenvalue weighted by atomic mass is 16.5. The van der Waals surface area contributed by atoms with Crippen LogP contribution < -0.4 is 5.73 Å². The molecule has 0 spiro atoms. The van der Waals surface area contributed by atoms with Crippen LogP contribution in [0, 0.1) is 0 Å². The van der Waals surface area contributed by atoms with Crippen molar-refractivity contribution in [1.82, 2.24) is 9.78 Å². The zero-order valence-corrected chi connectivity index (χ0v) is 22.2. The minimum atomic E-state index is -0.358. The maximum Gasteiger partial charge on any atom is 0.337 e. The highest BCUT2D eigenvalue weighted by Crippen LogP contribution is 2.36. The minimum absolute atomic E-state index is 0.00535. The van der Waals surface area contributed by atoms with Crippen molar-refractivity contribution in [2.75, 3.05) is 12.8 Å². The lowest BCUT2D eigenvalue weighted by Crippen LogP contribution is -2.16. The molecule has 2 N–H and O–H groups in total. The van der Waals surface area contributed by atoms with Gasteiger partial charge in [-0.15, -0.1) is 0 Å². The van der Waals surface area contributed by atoms with Crippen molar-refractivity contribution in [3.8, 4) is 28.2 Å². The lowest BCUT2D eigenvalue weighted by Gasteiger charge is -2.26. The van der Waals surface area contributed by atoms with Crippen LogP contribution in [0.5, 0.6) is 0 Å². The van der Waals surface area contributed by atoms with Gasteiger partial charge in [-0.1, -0.05) is 59.7 Å². The van der Waals surface area contributed by atoms with Gasteiger partial charge in [-0.25, -0.2) is 9.48 Å². The molecule has 186 valence electrons. The highest BCUT2D eigenvalue weighted by molar-refractivity contribution is 5.90. The maximum absolute atomic E-state index is 11.9. The van der Waals surface area contributed by atoms with Crippen molar-refractivity contribution in [2.45, 2.75) is 52.4 Å². The van der Waals surface area contributed by atoms with Crippen molar-refractivity contribution in [3.63, 3.8) is 0 Å². The van der Waals surface area contributed by atoms with Crippen LogP contribution in [0.2, 0.25) is 0 Å². The van der Waals surface area contributed by atoms with Crippen LogP contribution in [-0.4, -0.2) is 22.9 Å². The second-order valence-electron chi connectivity index (χ2n) is 11.3. The molecular formula is C31H35N3O2. The van der Waals surface area contributed by atoms with E-state index in [0.717, 1.165) is 28.2 Å². The molecular weight excluding hydrogens is 446 g/mol. The van der Waals surface area contributed by atoms with Crippen molar-refractivity contribution in [2.24, 2.45) is 0 Å². The number of carbonyl (C=O) groups excluding carboxylic acids is 1. The molecule has 0 unspecified atom stereocenters. The lowest BCUT2D eigenvalue weighted by molar-refractivity contribution is 0.0600. The van der Waals surface area contributed by atoms with E-state index >= 15 is 0 Å². The van der Waals surface area contributed by atoms with Gasteiger partial charge in [0.2, 0.25) is 0 Å². The molecule has 0 saturated heterocycles. The number of anilines is 1. The number of hydrogen-bond donors (Lipinski definition) is 1. The topological polar surface area (TPSA) is 70.1 Å². The highest BCUT2D eigenvalue weighted by Gasteiger charge is 2.23. The molecule has 0 bridgehead atoms. The number of benzene rings is 3. The average molecular weight is 482 g/mol. The fourth-order valence-corrected chi connectivity index (χ4v) is 4.08. The number of methoxy groups -OCH3 is 1. The number of ether oxygens (including phenoxy) is 1. The number of carbonyl (C=O) groups is 1. The number of hydrogen-bond acceptors (Lipinski definition) is 4. The Kier molecular flexibility index (Phi) is 6.52. The molecule has 5 nitrogen and oxygen atoms in total. The van der Waals surface area contributed by atoms with E-state index in [2.05, 4.69) is 65.8 Å². The van der Waals surface area contributed by atoms with E-state index in [-0.39, 0.29) is 16.8 Å². The third kappa shape index (κ3) is 5.20. The molecule has 0 saturated carbocycles. The van der Waals surface area contributed by atoms with Gasteiger partial charge in [0.05, 0.1) is 29.7 Å². The molecule has 5 heteroatoms. The quantitative estimate of drug-likeness (QED) is 0.248. The summed E-state index contributed by atoms with van der Waals surface area (Å²) in [7, 11) is 1.38. The Morgan fingerprint density at radius 3 is 1.83 bits per heavy atom. The van der Waals surface area contributed by atoms with E-state index in [0.29, 0.717) is 11.3 Å². The van der Waals surface area contributed by atoms with Gasteiger partial charge >= 0.3 is 5.97 Å². The van der Waals surface area contributed by atoms with Crippen LogP contribution in [0.3, 0.4) is 0 Å². The molecule has 0 aliphatic rings. The van der Waals surface area contributed by atoms with E-state index in [1.165, 1.54) is 18.2 Å². The summed E-state index contributed by atoms with van der Waals surface area (Å²) in [6.07, 6.45) is 0.